The summed E-state index contributed by atoms with van der Waals surface area (Å²) in [4.78, 5) is 0. The molecule has 0 amide bonds. The van der Waals surface area contributed by atoms with Crippen LogP contribution >= 0.6 is 0 Å². The zero-order chi connectivity index (χ0) is 12.0. The predicted molar refractivity (Wildman–Crippen MR) is 71.2 cm³/mol. The molecule has 1 aromatic carbocycles. The van der Waals surface area contributed by atoms with Crippen molar-refractivity contribution in [1.29, 1.82) is 0 Å². The minimum atomic E-state index is 0.440. The molecule has 0 aliphatic carbocycles. The van der Waals surface area contributed by atoms with Crippen molar-refractivity contribution in [1.82, 2.24) is 5.32 Å². The Labute approximate surface area is 104 Å². The summed E-state index contributed by atoms with van der Waals surface area (Å²) in [7, 11) is 0. The van der Waals surface area contributed by atoms with Gasteiger partial charge < -0.3 is 10.1 Å². The van der Waals surface area contributed by atoms with E-state index >= 15 is 0 Å². The number of ether oxygens (including phenoxy) is 1. The van der Waals surface area contributed by atoms with E-state index in [4.69, 9.17) is 4.74 Å². The SMILES string of the molecule is CCCOCCC1(Cc2ccccc2)CNC1. The lowest BCUT2D eigenvalue weighted by Gasteiger charge is -2.43. The molecule has 0 aromatic heterocycles. The molecule has 1 heterocycles. The summed E-state index contributed by atoms with van der Waals surface area (Å²) in [5.74, 6) is 0. The fraction of sp³-hybridized carbons (Fsp3) is 0.600. The molecular weight excluding hydrogens is 210 g/mol. The molecule has 0 spiro atoms. The summed E-state index contributed by atoms with van der Waals surface area (Å²) in [6.07, 6.45) is 3.47. The van der Waals surface area contributed by atoms with Crippen LogP contribution in [0.25, 0.3) is 0 Å². The maximum Gasteiger partial charge on any atom is 0.0472 e. The second-order valence-electron chi connectivity index (χ2n) is 5.13. The number of rotatable bonds is 7. The third-order valence-corrected chi connectivity index (χ3v) is 3.55. The molecular formula is C15H23NO. The summed E-state index contributed by atoms with van der Waals surface area (Å²) in [6, 6.07) is 10.8. The van der Waals surface area contributed by atoms with Crippen LogP contribution in [0.3, 0.4) is 0 Å². The van der Waals surface area contributed by atoms with Crippen LogP contribution in [0.1, 0.15) is 25.3 Å². The van der Waals surface area contributed by atoms with Crippen LogP contribution in [-0.2, 0) is 11.2 Å². The molecule has 0 bridgehead atoms. The van der Waals surface area contributed by atoms with Gasteiger partial charge in [-0.15, -0.1) is 0 Å². The van der Waals surface area contributed by atoms with E-state index in [1.165, 1.54) is 18.4 Å². The Bertz CT molecular complexity index is 319. The fourth-order valence-corrected chi connectivity index (χ4v) is 2.43. The third kappa shape index (κ3) is 3.55. The van der Waals surface area contributed by atoms with Crippen molar-refractivity contribution in [2.75, 3.05) is 26.3 Å². The number of hydrogen-bond donors (Lipinski definition) is 1. The number of hydrogen-bond acceptors (Lipinski definition) is 2. The zero-order valence-corrected chi connectivity index (χ0v) is 10.7. The Hall–Kier alpha value is -0.860. The molecule has 0 radical (unpaired) electrons. The summed E-state index contributed by atoms with van der Waals surface area (Å²) in [6.45, 7) is 6.23. The highest BCUT2D eigenvalue weighted by Crippen LogP contribution is 2.31. The van der Waals surface area contributed by atoms with Crippen molar-refractivity contribution in [3.05, 3.63) is 35.9 Å². The Morgan fingerprint density at radius 1 is 1.18 bits per heavy atom. The normalized spacial score (nSPS) is 17.7. The van der Waals surface area contributed by atoms with Gasteiger partial charge in [-0.3, -0.25) is 0 Å². The smallest absolute Gasteiger partial charge is 0.0472 e. The second kappa shape index (κ2) is 6.18. The van der Waals surface area contributed by atoms with Gasteiger partial charge in [-0.1, -0.05) is 37.3 Å². The first kappa shape index (κ1) is 12.6. The maximum atomic E-state index is 5.62. The quantitative estimate of drug-likeness (QED) is 0.731. The molecule has 94 valence electrons. The van der Waals surface area contributed by atoms with E-state index in [9.17, 15) is 0 Å². The average Bonchev–Trinajstić information content (AvgIpc) is 2.32. The molecule has 1 saturated heterocycles. The van der Waals surface area contributed by atoms with Crippen LogP contribution in [0, 0.1) is 5.41 Å². The van der Waals surface area contributed by atoms with Crippen molar-refractivity contribution in [2.24, 2.45) is 5.41 Å². The third-order valence-electron chi connectivity index (χ3n) is 3.55. The summed E-state index contributed by atoms with van der Waals surface area (Å²) in [5, 5.41) is 3.41. The second-order valence-corrected chi connectivity index (χ2v) is 5.13. The zero-order valence-electron chi connectivity index (χ0n) is 10.7. The summed E-state index contributed by atoms with van der Waals surface area (Å²) < 4.78 is 5.62. The van der Waals surface area contributed by atoms with Gasteiger partial charge in [0.15, 0.2) is 0 Å². The van der Waals surface area contributed by atoms with Crippen LogP contribution in [0.4, 0.5) is 0 Å². The molecule has 0 unspecified atom stereocenters. The number of nitrogens with one attached hydrogen (secondary N) is 1. The van der Waals surface area contributed by atoms with Crippen molar-refractivity contribution in [3.63, 3.8) is 0 Å². The average molecular weight is 233 g/mol. The van der Waals surface area contributed by atoms with Gasteiger partial charge in [0, 0.05) is 31.7 Å². The van der Waals surface area contributed by atoms with Crippen molar-refractivity contribution in [2.45, 2.75) is 26.2 Å². The summed E-state index contributed by atoms with van der Waals surface area (Å²) >= 11 is 0. The molecule has 1 aromatic rings. The first-order valence-corrected chi connectivity index (χ1v) is 6.67. The molecule has 0 atom stereocenters. The standard InChI is InChI=1S/C15H23NO/c1-2-9-17-10-8-15(12-16-13-15)11-14-6-4-3-5-7-14/h3-7,16H,2,8-13H2,1H3. The Kier molecular flexibility index (Phi) is 4.57. The molecule has 17 heavy (non-hydrogen) atoms. The number of benzene rings is 1. The molecule has 1 aliphatic heterocycles. The maximum absolute atomic E-state index is 5.62. The van der Waals surface area contributed by atoms with E-state index in [2.05, 4.69) is 42.6 Å². The minimum absolute atomic E-state index is 0.440. The van der Waals surface area contributed by atoms with Crippen LogP contribution in [0.15, 0.2) is 30.3 Å². The van der Waals surface area contributed by atoms with Gasteiger partial charge in [-0.25, -0.2) is 0 Å². The highest BCUT2D eigenvalue weighted by atomic mass is 16.5. The highest BCUT2D eigenvalue weighted by molar-refractivity contribution is 5.18. The fourth-order valence-electron chi connectivity index (χ4n) is 2.43. The molecule has 2 rings (SSSR count). The first-order valence-electron chi connectivity index (χ1n) is 6.67. The van der Waals surface area contributed by atoms with Crippen molar-refractivity contribution in [3.8, 4) is 0 Å². The lowest BCUT2D eigenvalue weighted by atomic mass is 9.74. The van der Waals surface area contributed by atoms with E-state index in [1.54, 1.807) is 0 Å². The molecule has 2 nitrogen and oxygen atoms in total. The van der Waals surface area contributed by atoms with E-state index < -0.39 is 0 Å². The van der Waals surface area contributed by atoms with Crippen molar-refractivity contribution < 1.29 is 4.74 Å². The van der Waals surface area contributed by atoms with Crippen LogP contribution in [0.2, 0.25) is 0 Å². The molecule has 1 N–H and O–H groups in total. The molecule has 0 saturated carbocycles. The minimum Gasteiger partial charge on any atom is -0.381 e. The topological polar surface area (TPSA) is 21.3 Å². The molecule has 2 heteroatoms. The van der Waals surface area contributed by atoms with Crippen LogP contribution in [-0.4, -0.2) is 26.3 Å². The highest BCUT2D eigenvalue weighted by Gasteiger charge is 2.36. The van der Waals surface area contributed by atoms with Gasteiger partial charge in [0.1, 0.15) is 0 Å². The van der Waals surface area contributed by atoms with E-state index in [-0.39, 0.29) is 0 Å². The monoisotopic (exact) mass is 233 g/mol. The Balaban J connectivity index is 1.82. The summed E-state index contributed by atoms with van der Waals surface area (Å²) in [5.41, 5.74) is 1.89. The lowest BCUT2D eigenvalue weighted by molar-refractivity contribution is 0.0656. The van der Waals surface area contributed by atoms with Crippen molar-refractivity contribution >= 4 is 0 Å². The van der Waals surface area contributed by atoms with E-state index in [1.807, 2.05) is 0 Å². The Morgan fingerprint density at radius 3 is 2.53 bits per heavy atom. The van der Waals surface area contributed by atoms with Crippen LogP contribution < -0.4 is 5.32 Å². The van der Waals surface area contributed by atoms with Gasteiger partial charge in [0.05, 0.1) is 0 Å². The first-order chi connectivity index (χ1) is 8.35. The predicted octanol–water partition coefficient (Wildman–Crippen LogP) is 2.64. The molecule has 1 aliphatic rings. The Morgan fingerprint density at radius 2 is 1.94 bits per heavy atom. The van der Waals surface area contributed by atoms with Gasteiger partial charge in [-0.2, -0.15) is 0 Å². The van der Waals surface area contributed by atoms with Crippen LogP contribution in [0.5, 0.6) is 0 Å². The van der Waals surface area contributed by atoms with E-state index in [0.717, 1.165) is 32.7 Å². The largest absolute Gasteiger partial charge is 0.381 e. The van der Waals surface area contributed by atoms with Gasteiger partial charge >= 0.3 is 0 Å². The van der Waals surface area contributed by atoms with Gasteiger partial charge in [0.25, 0.3) is 0 Å². The van der Waals surface area contributed by atoms with Gasteiger partial charge in [0.2, 0.25) is 0 Å². The van der Waals surface area contributed by atoms with E-state index in [0.29, 0.717) is 5.41 Å². The molecule has 1 fully saturated rings. The van der Waals surface area contributed by atoms with Gasteiger partial charge in [-0.05, 0) is 24.8 Å². The lowest BCUT2D eigenvalue weighted by Crippen LogP contribution is -2.55.